The number of carbonyl (C=O) groups is 1. The Morgan fingerprint density at radius 2 is 1.90 bits per heavy atom. The quantitative estimate of drug-likeness (QED) is 0.761. The van der Waals surface area contributed by atoms with Crippen LogP contribution < -0.4 is 10.6 Å². The number of nitrogens with zero attached hydrogens (tertiary/aromatic N) is 2. The van der Waals surface area contributed by atoms with E-state index in [0.29, 0.717) is 5.92 Å². The van der Waals surface area contributed by atoms with Gasteiger partial charge in [0.1, 0.15) is 0 Å². The highest BCUT2D eigenvalue weighted by Crippen LogP contribution is 2.18. The number of hydrogen-bond acceptors (Lipinski definition) is 4. The van der Waals surface area contributed by atoms with Gasteiger partial charge in [-0.15, -0.1) is 0 Å². The summed E-state index contributed by atoms with van der Waals surface area (Å²) in [4.78, 5) is 17.1. The van der Waals surface area contributed by atoms with Gasteiger partial charge in [0.15, 0.2) is 0 Å². The number of hydrogen-bond donors (Lipinski definition) is 2. The standard InChI is InChI=1S/C15H30N4O/c1-12-9-16-10-13(12)14(20)17-11-15(2,3)19-7-5-18(4)6-8-19/h12-13,16H,5-11H2,1-4H3,(H,17,20)/t12-,13-/m1/s1. The molecule has 0 radical (unpaired) electrons. The Bertz CT molecular complexity index is 337. The van der Waals surface area contributed by atoms with Crippen LogP contribution in [-0.4, -0.2) is 74.1 Å². The predicted molar refractivity (Wildman–Crippen MR) is 81.7 cm³/mol. The first kappa shape index (κ1) is 15.7. The van der Waals surface area contributed by atoms with Crippen LogP contribution in [0.5, 0.6) is 0 Å². The van der Waals surface area contributed by atoms with Crippen LogP contribution in [0.1, 0.15) is 20.8 Å². The van der Waals surface area contributed by atoms with Gasteiger partial charge in [0.2, 0.25) is 5.91 Å². The van der Waals surface area contributed by atoms with E-state index in [4.69, 9.17) is 0 Å². The second kappa shape index (κ2) is 6.41. The molecule has 2 rings (SSSR count). The van der Waals surface area contributed by atoms with Crippen molar-refractivity contribution in [2.75, 3.05) is 52.9 Å². The van der Waals surface area contributed by atoms with E-state index in [2.05, 4.69) is 48.3 Å². The first-order valence-electron chi connectivity index (χ1n) is 7.82. The third-order valence-electron chi connectivity index (χ3n) is 4.91. The molecular weight excluding hydrogens is 252 g/mol. The molecule has 0 aromatic carbocycles. The van der Waals surface area contributed by atoms with Crippen LogP contribution in [0.2, 0.25) is 0 Å². The van der Waals surface area contributed by atoms with Gasteiger partial charge in [0.05, 0.1) is 5.92 Å². The molecule has 0 aromatic heterocycles. The molecule has 2 N–H and O–H groups in total. The van der Waals surface area contributed by atoms with Crippen LogP contribution in [0.15, 0.2) is 0 Å². The molecule has 0 spiro atoms. The smallest absolute Gasteiger partial charge is 0.224 e. The van der Waals surface area contributed by atoms with Crippen LogP contribution in [0.25, 0.3) is 0 Å². The van der Waals surface area contributed by atoms with Gasteiger partial charge in [0, 0.05) is 44.8 Å². The summed E-state index contributed by atoms with van der Waals surface area (Å²) in [6.07, 6.45) is 0. The molecule has 5 heteroatoms. The van der Waals surface area contributed by atoms with Crippen molar-refractivity contribution in [2.24, 2.45) is 11.8 Å². The summed E-state index contributed by atoms with van der Waals surface area (Å²) in [5, 5.41) is 6.46. The highest BCUT2D eigenvalue weighted by molar-refractivity contribution is 5.79. The van der Waals surface area contributed by atoms with Crippen LogP contribution in [-0.2, 0) is 4.79 Å². The van der Waals surface area contributed by atoms with E-state index in [1.807, 2.05) is 0 Å². The fraction of sp³-hybridized carbons (Fsp3) is 0.933. The van der Waals surface area contributed by atoms with Gasteiger partial charge < -0.3 is 15.5 Å². The first-order chi connectivity index (χ1) is 9.40. The molecule has 5 nitrogen and oxygen atoms in total. The monoisotopic (exact) mass is 282 g/mol. The number of carbonyl (C=O) groups excluding carboxylic acids is 1. The van der Waals surface area contributed by atoms with Gasteiger partial charge in [-0.25, -0.2) is 0 Å². The molecule has 2 aliphatic heterocycles. The van der Waals surface area contributed by atoms with Crippen LogP contribution >= 0.6 is 0 Å². The van der Waals surface area contributed by atoms with Crippen molar-refractivity contribution < 1.29 is 4.79 Å². The highest BCUT2D eigenvalue weighted by Gasteiger charge is 2.33. The van der Waals surface area contributed by atoms with E-state index in [1.54, 1.807) is 0 Å². The second-order valence-electron chi connectivity index (χ2n) is 7.06. The predicted octanol–water partition coefficient (Wildman–Crippen LogP) is -0.0159. The van der Waals surface area contributed by atoms with Gasteiger partial charge >= 0.3 is 0 Å². The minimum Gasteiger partial charge on any atom is -0.354 e. The molecule has 0 aromatic rings. The molecule has 2 heterocycles. The maximum atomic E-state index is 12.3. The third-order valence-corrected chi connectivity index (χ3v) is 4.91. The van der Waals surface area contributed by atoms with Gasteiger partial charge in [-0.1, -0.05) is 6.92 Å². The summed E-state index contributed by atoms with van der Waals surface area (Å²) in [7, 11) is 2.17. The molecule has 0 saturated carbocycles. The van der Waals surface area contributed by atoms with Crippen molar-refractivity contribution in [1.82, 2.24) is 20.4 Å². The van der Waals surface area contributed by atoms with E-state index in [0.717, 1.165) is 45.8 Å². The lowest BCUT2D eigenvalue weighted by Crippen LogP contribution is -2.58. The summed E-state index contributed by atoms with van der Waals surface area (Å²) in [6.45, 7) is 13.5. The van der Waals surface area contributed by atoms with Crippen molar-refractivity contribution in [3.8, 4) is 0 Å². The lowest BCUT2D eigenvalue weighted by Gasteiger charge is -2.43. The summed E-state index contributed by atoms with van der Waals surface area (Å²) in [5.74, 6) is 0.796. The largest absolute Gasteiger partial charge is 0.354 e. The number of nitrogens with one attached hydrogen (secondary N) is 2. The normalized spacial score (nSPS) is 29.6. The number of piperazine rings is 1. The van der Waals surface area contributed by atoms with E-state index in [9.17, 15) is 4.79 Å². The summed E-state index contributed by atoms with van der Waals surface area (Å²) < 4.78 is 0. The maximum Gasteiger partial charge on any atom is 0.224 e. The van der Waals surface area contributed by atoms with Crippen LogP contribution in [0.4, 0.5) is 0 Å². The molecule has 20 heavy (non-hydrogen) atoms. The lowest BCUT2D eigenvalue weighted by atomic mass is 9.96. The Morgan fingerprint density at radius 1 is 1.25 bits per heavy atom. The second-order valence-corrected chi connectivity index (χ2v) is 7.06. The molecule has 0 bridgehead atoms. The summed E-state index contributed by atoms with van der Waals surface area (Å²) >= 11 is 0. The fourth-order valence-electron chi connectivity index (χ4n) is 3.12. The minimum absolute atomic E-state index is 0.0339. The summed E-state index contributed by atoms with van der Waals surface area (Å²) in [6, 6.07) is 0. The van der Waals surface area contributed by atoms with E-state index in [1.165, 1.54) is 0 Å². The Kier molecular flexibility index (Phi) is 5.04. The molecule has 0 aliphatic carbocycles. The van der Waals surface area contributed by atoms with Crippen molar-refractivity contribution >= 4 is 5.91 Å². The van der Waals surface area contributed by atoms with Gasteiger partial charge in [-0.2, -0.15) is 0 Å². The molecule has 0 unspecified atom stereocenters. The molecule has 2 atom stereocenters. The van der Waals surface area contributed by atoms with Crippen molar-refractivity contribution in [2.45, 2.75) is 26.3 Å². The Labute approximate surface area is 123 Å². The SMILES string of the molecule is C[C@@H]1CNC[C@H]1C(=O)NCC(C)(C)N1CCN(C)CC1. The average Bonchev–Trinajstić information content (AvgIpc) is 2.83. The third kappa shape index (κ3) is 3.71. The Balaban J connectivity index is 1.81. The fourth-order valence-corrected chi connectivity index (χ4v) is 3.12. The van der Waals surface area contributed by atoms with E-state index < -0.39 is 0 Å². The number of amides is 1. The molecule has 2 saturated heterocycles. The van der Waals surface area contributed by atoms with Gasteiger partial charge in [0.25, 0.3) is 0 Å². The van der Waals surface area contributed by atoms with E-state index >= 15 is 0 Å². The van der Waals surface area contributed by atoms with Gasteiger partial charge in [-0.3, -0.25) is 9.69 Å². The zero-order chi connectivity index (χ0) is 14.8. The molecule has 2 aliphatic rings. The molecular formula is C15H30N4O. The maximum absolute atomic E-state index is 12.3. The number of likely N-dealkylation sites (N-methyl/N-ethyl adjacent to an activating group) is 1. The lowest BCUT2D eigenvalue weighted by molar-refractivity contribution is -0.126. The van der Waals surface area contributed by atoms with E-state index in [-0.39, 0.29) is 17.4 Å². The summed E-state index contributed by atoms with van der Waals surface area (Å²) in [5.41, 5.74) is 0.0339. The first-order valence-corrected chi connectivity index (χ1v) is 7.82. The molecule has 2 fully saturated rings. The van der Waals surface area contributed by atoms with Crippen molar-refractivity contribution in [3.05, 3.63) is 0 Å². The topological polar surface area (TPSA) is 47.6 Å². The molecule has 116 valence electrons. The van der Waals surface area contributed by atoms with Crippen LogP contribution in [0.3, 0.4) is 0 Å². The van der Waals surface area contributed by atoms with Gasteiger partial charge in [-0.05, 0) is 33.4 Å². The highest BCUT2D eigenvalue weighted by atomic mass is 16.1. The molecule has 1 amide bonds. The Hall–Kier alpha value is -0.650. The zero-order valence-electron chi connectivity index (χ0n) is 13.4. The minimum atomic E-state index is 0.0339. The Morgan fingerprint density at radius 3 is 2.45 bits per heavy atom. The average molecular weight is 282 g/mol. The zero-order valence-corrected chi connectivity index (χ0v) is 13.4. The van der Waals surface area contributed by atoms with Crippen molar-refractivity contribution in [1.29, 1.82) is 0 Å². The number of rotatable bonds is 4. The van der Waals surface area contributed by atoms with Crippen molar-refractivity contribution in [3.63, 3.8) is 0 Å². The van der Waals surface area contributed by atoms with Crippen LogP contribution in [0, 0.1) is 11.8 Å².